The summed E-state index contributed by atoms with van der Waals surface area (Å²) in [6, 6.07) is 0. The van der Waals surface area contributed by atoms with Crippen LogP contribution in [0.5, 0.6) is 0 Å². The molecular weight excluding hydrogens is 297 g/mol. The van der Waals surface area contributed by atoms with Crippen LogP contribution in [0.3, 0.4) is 0 Å². The molecule has 1 aromatic heterocycles. The van der Waals surface area contributed by atoms with Gasteiger partial charge in [-0.15, -0.1) is 0 Å². The second kappa shape index (κ2) is 6.68. The Bertz CT molecular complexity index is 514. The fraction of sp³-hybridized carbons (Fsp3) is 0.714. The number of carbonyl (C=O) groups excluding carboxylic acids is 1. The molecule has 1 fully saturated rings. The second-order valence-corrected chi connectivity index (χ2v) is 5.81. The Labute approximate surface area is 127 Å². The molecule has 5 nitrogen and oxygen atoms in total. The number of carbonyl (C=O) groups is 1. The molecule has 124 valence electrons. The Morgan fingerprint density at radius 2 is 2.23 bits per heavy atom. The number of hydrogen-bond acceptors (Lipinski definition) is 3. The van der Waals surface area contributed by atoms with Crippen LogP contribution in [0.25, 0.3) is 0 Å². The number of halogens is 3. The molecular formula is C14H21F3N4O. The zero-order valence-corrected chi connectivity index (χ0v) is 12.5. The third-order valence-corrected chi connectivity index (χ3v) is 4.19. The summed E-state index contributed by atoms with van der Waals surface area (Å²) in [6.07, 6.45) is 0.978. The molecule has 1 amide bonds. The maximum atomic E-state index is 12.5. The van der Waals surface area contributed by atoms with Crippen molar-refractivity contribution in [3.63, 3.8) is 0 Å². The van der Waals surface area contributed by atoms with Gasteiger partial charge < -0.3 is 15.2 Å². The summed E-state index contributed by atoms with van der Waals surface area (Å²) in [5.41, 5.74) is 5.68. The number of amides is 1. The van der Waals surface area contributed by atoms with E-state index in [-0.39, 0.29) is 30.1 Å². The molecule has 0 bridgehead atoms. The molecule has 0 unspecified atom stereocenters. The Balaban J connectivity index is 2.01. The summed E-state index contributed by atoms with van der Waals surface area (Å²) in [7, 11) is 1.60. The summed E-state index contributed by atoms with van der Waals surface area (Å²) >= 11 is 0. The molecule has 2 atom stereocenters. The molecule has 0 radical (unpaired) electrons. The first-order chi connectivity index (χ1) is 10.3. The van der Waals surface area contributed by atoms with Gasteiger partial charge in [0.25, 0.3) is 0 Å². The van der Waals surface area contributed by atoms with Crippen molar-refractivity contribution in [1.29, 1.82) is 0 Å². The minimum absolute atomic E-state index is 0.0606. The lowest BCUT2D eigenvalue weighted by Crippen LogP contribution is -2.37. The van der Waals surface area contributed by atoms with Crippen LogP contribution in [0.4, 0.5) is 13.2 Å². The molecule has 8 heteroatoms. The van der Waals surface area contributed by atoms with Crippen molar-refractivity contribution in [1.82, 2.24) is 14.5 Å². The topological polar surface area (TPSA) is 64.2 Å². The van der Waals surface area contributed by atoms with Crippen LogP contribution in [0.1, 0.15) is 25.1 Å². The molecule has 0 spiro atoms. The van der Waals surface area contributed by atoms with Crippen LogP contribution in [-0.2, 0) is 17.9 Å². The lowest BCUT2D eigenvalue weighted by Gasteiger charge is -2.24. The van der Waals surface area contributed by atoms with Gasteiger partial charge in [0, 0.05) is 25.4 Å². The van der Waals surface area contributed by atoms with Crippen molar-refractivity contribution in [2.45, 2.75) is 38.5 Å². The average molecular weight is 318 g/mol. The molecule has 22 heavy (non-hydrogen) atoms. The Hall–Kier alpha value is -1.57. The van der Waals surface area contributed by atoms with Gasteiger partial charge in [0.15, 0.2) is 0 Å². The summed E-state index contributed by atoms with van der Waals surface area (Å²) in [6.45, 7) is -0.568. The van der Waals surface area contributed by atoms with Crippen LogP contribution < -0.4 is 5.73 Å². The molecule has 2 N–H and O–H groups in total. The van der Waals surface area contributed by atoms with Crippen LogP contribution in [0.2, 0.25) is 0 Å². The van der Waals surface area contributed by atoms with Gasteiger partial charge in [-0.1, -0.05) is 6.42 Å². The summed E-state index contributed by atoms with van der Waals surface area (Å²) < 4.78 is 38.5. The van der Waals surface area contributed by atoms with Gasteiger partial charge in [-0.3, -0.25) is 4.79 Å². The molecule has 0 aromatic carbocycles. The molecule has 1 saturated carbocycles. The minimum Gasteiger partial charge on any atom is -0.338 e. The van der Waals surface area contributed by atoms with E-state index in [1.807, 2.05) is 0 Å². The first kappa shape index (κ1) is 16.8. The molecule has 1 aromatic rings. The number of hydrogen-bond donors (Lipinski definition) is 1. The number of nitrogens with zero attached hydrogens (tertiary/aromatic N) is 3. The lowest BCUT2D eigenvalue weighted by molar-refractivity contribution is -0.141. The van der Waals surface area contributed by atoms with Crippen molar-refractivity contribution >= 4 is 5.91 Å². The van der Waals surface area contributed by atoms with Crippen LogP contribution >= 0.6 is 0 Å². The third-order valence-electron chi connectivity index (χ3n) is 4.19. The van der Waals surface area contributed by atoms with E-state index in [0.29, 0.717) is 6.54 Å². The van der Waals surface area contributed by atoms with E-state index in [0.717, 1.165) is 23.8 Å². The fourth-order valence-corrected chi connectivity index (χ4v) is 3.05. The van der Waals surface area contributed by atoms with Gasteiger partial charge in [0.05, 0.1) is 6.54 Å². The van der Waals surface area contributed by atoms with Gasteiger partial charge in [-0.05, 0) is 25.3 Å². The van der Waals surface area contributed by atoms with E-state index < -0.39 is 12.7 Å². The van der Waals surface area contributed by atoms with E-state index in [4.69, 9.17) is 5.73 Å². The van der Waals surface area contributed by atoms with E-state index in [2.05, 4.69) is 4.98 Å². The van der Waals surface area contributed by atoms with Gasteiger partial charge >= 0.3 is 6.18 Å². The number of alkyl halides is 3. The predicted octanol–water partition coefficient (Wildman–Crippen LogP) is 1.78. The average Bonchev–Trinajstić information content (AvgIpc) is 3.05. The largest absolute Gasteiger partial charge is 0.406 e. The van der Waals surface area contributed by atoms with Crippen LogP contribution in [0, 0.1) is 11.8 Å². The molecule has 0 saturated heterocycles. The van der Waals surface area contributed by atoms with Crippen LogP contribution in [0.15, 0.2) is 12.4 Å². The Morgan fingerprint density at radius 1 is 1.50 bits per heavy atom. The first-order valence-electron chi connectivity index (χ1n) is 7.33. The maximum Gasteiger partial charge on any atom is 0.406 e. The summed E-state index contributed by atoms with van der Waals surface area (Å²) in [4.78, 5) is 17.8. The van der Waals surface area contributed by atoms with E-state index in [9.17, 15) is 18.0 Å². The molecule has 1 aliphatic carbocycles. The highest BCUT2D eigenvalue weighted by atomic mass is 19.4. The monoisotopic (exact) mass is 318 g/mol. The quantitative estimate of drug-likeness (QED) is 0.900. The number of nitrogens with two attached hydrogens (primary N) is 1. The smallest absolute Gasteiger partial charge is 0.338 e. The van der Waals surface area contributed by atoms with E-state index in [1.165, 1.54) is 17.3 Å². The number of imidazole rings is 1. The molecule has 1 heterocycles. The van der Waals surface area contributed by atoms with Gasteiger partial charge in [0.2, 0.25) is 5.91 Å². The predicted molar refractivity (Wildman–Crippen MR) is 74.6 cm³/mol. The normalized spacial score (nSPS) is 22.0. The van der Waals surface area contributed by atoms with E-state index >= 15 is 0 Å². The van der Waals surface area contributed by atoms with Crippen molar-refractivity contribution in [2.75, 3.05) is 13.6 Å². The maximum absolute atomic E-state index is 12.5. The zero-order valence-electron chi connectivity index (χ0n) is 12.5. The SMILES string of the molecule is CN(Cc1nccn1CC(F)(F)F)C(=O)[C@@H]1CCC[C@@H]1CN. The van der Waals surface area contributed by atoms with Crippen molar-refractivity contribution in [3.05, 3.63) is 18.2 Å². The van der Waals surface area contributed by atoms with Crippen molar-refractivity contribution < 1.29 is 18.0 Å². The van der Waals surface area contributed by atoms with Gasteiger partial charge in [-0.2, -0.15) is 13.2 Å². The minimum atomic E-state index is -4.31. The van der Waals surface area contributed by atoms with Crippen LogP contribution in [-0.4, -0.2) is 40.1 Å². The highest BCUT2D eigenvalue weighted by Gasteiger charge is 2.34. The first-order valence-corrected chi connectivity index (χ1v) is 7.33. The van der Waals surface area contributed by atoms with Gasteiger partial charge in [-0.25, -0.2) is 4.98 Å². The third kappa shape index (κ3) is 4.00. The summed E-state index contributed by atoms with van der Waals surface area (Å²) in [5.74, 6) is 0.218. The number of rotatable bonds is 5. The molecule has 1 aliphatic rings. The van der Waals surface area contributed by atoms with Crippen molar-refractivity contribution in [2.24, 2.45) is 17.6 Å². The lowest BCUT2D eigenvalue weighted by atomic mass is 9.95. The molecule has 0 aliphatic heterocycles. The fourth-order valence-electron chi connectivity index (χ4n) is 3.05. The molecule has 2 rings (SSSR count). The Kier molecular flexibility index (Phi) is 5.10. The highest BCUT2D eigenvalue weighted by Crippen LogP contribution is 2.32. The standard InChI is InChI=1S/C14H21F3N4O/c1-20(13(22)11-4-2-3-10(11)7-18)8-12-19-5-6-21(12)9-14(15,16)17/h5-6,10-11H,2-4,7-9,18H2,1H3/t10-,11-/m1/s1. The highest BCUT2D eigenvalue weighted by molar-refractivity contribution is 5.79. The Morgan fingerprint density at radius 3 is 2.86 bits per heavy atom. The number of aromatic nitrogens is 2. The van der Waals surface area contributed by atoms with Crippen molar-refractivity contribution in [3.8, 4) is 0 Å². The van der Waals surface area contributed by atoms with E-state index in [1.54, 1.807) is 7.05 Å². The second-order valence-electron chi connectivity index (χ2n) is 5.81. The zero-order chi connectivity index (χ0) is 16.3. The van der Waals surface area contributed by atoms with Gasteiger partial charge in [0.1, 0.15) is 12.4 Å². The summed E-state index contributed by atoms with van der Waals surface area (Å²) in [5, 5.41) is 0.